The van der Waals surface area contributed by atoms with Crippen LogP contribution in [0.5, 0.6) is 0 Å². The quantitative estimate of drug-likeness (QED) is 0.156. The molecule has 1 amide bonds. The van der Waals surface area contributed by atoms with E-state index in [0.717, 1.165) is 6.07 Å². The summed E-state index contributed by atoms with van der Waals surface area (Å²) < 4.78 is 96.6. The van der Waals surface area contributed by atoms with Crippen LogP contribution < -0.4 is 5.48 Å². The zero-order valence-corrected chi connectivity index (χ0v) is 19.0. The van der Waals surface area contributed by atoms with Gasteiger partial charge in [-0.3, -0.25) is 10.0 Å². The highest BCUT2D eigenvalue weighted by Gasteiger charge is 2.32. The van der Waals surface area contributed by atoms with Crippen LogP contribution in [0.25, 0.3) is 0 Å². The maximum absolute atomic E-state index is 14.4. The summed E-state index contributed by atoms with van der Waals surface area (Å²) in [6.07, 6.45) is -0.166. The summed E-state index contributed by atoms with van der Waals surface area (Å²) in [4.78, 5) is 9.88. The third kappa shape index (κ3) is 5.84. The Kier molecular flexibility index (Phi) is 7.88. The Labute approximate surface area is 197 Å². The van der Waals surface area contributed by atoms with Crippen molar-refractivity contribution in [2.45, 2.75) is 31.3 Å². The number of halogens is 5. The van der Waals surface area contributed by atoms with E-state index in [4.69, 9.17) is 5.21 Å². The Morgan fingerprint density at radius 3 is 2.00 bits per heavy atom. The topological polar surface area (TPSA) is 86.7 Å². The summed E-state index contributed by atoms with van der Waals surface area (Å²) in [5.41, 5.74) is 2.73. The maximum Gasteiger partial charge on any atom is 0.247 e. The second-order valence-corrected chi connectivity index (χ2v) is 9.59. The normalized spacial score (nSPS) is 11.7. The van der Waals surface area contributed by atoms with E-state index in [2.05, 4.69) is 0 Å². The third-order valence-electron chi connectivity index (χ3n) is 5.15. The standard InChI is InChI=1S/C23H19F5N2O4S/c1-13-2-3-16(8-17(13)24)12-30(11-15-6-4-14(5-7-15)9-20(31)29-32)35(33,34)19-10-18(25)21(26)23(28)22(19)27/h2-8,10,32H,9,11-12H2,1H3,(H,29,31). The predicted molar refractivity (Wildman–Crippen MR) is 114 cm³/mol. The van der Waals surface area contributed by atoms with Gasteiger partial charge in [-0.1, -0.05) is 36.4 Å². The summed E-state index contributed by atoms with van der Waals surface area (Å²) >= 11 is 0. The van der Waals surface area contributed by atoms with E-state index < -0.39 is 63.0 Å². The SMILES string of the molecule is Cc1ccc(CN(Cc2ccc(CC(=O)NO)cc2)S(=O)(=O)c2cc(F)c(F)c(F)c2F)cc1F. The highest BCUT2D eigenvalue weighted by atomic mass is 32.2. The minimum Gasteiger partial charge on any atom is -0.289 e. The molecule has 0 atom stereocenters. The number of nitrogens with one attached hydrogen (secondary N) is 1. The van der Waals surface area contributed by atoms with E-state index in [-0.39, 0.29) is 18.1 Å². The number of nitrogens with zero attached hydrogens (tertiary/aromatic N) is 1. The summed E-state index contributed by atoms with van der Waals surface area (Å²) in [5, 5.41) is 8.62. The van der Waals surface area contributed by atoms with Crippen molar-refractivity contribution in [2.24, 2.45) is 0 Å². The largest absolute Gasteiger partial charge is 0.289 e. The van der Waals surface area contributed by atoms with Crippen molar-refractivity contribution in [3.8, 4) is 0 Å². The second kappa shape index (κ2) is 10.5. The molecule has 0 unspecified atom stereocenters. The van der Waals surface area contributed by atoms with Crippen LogP contribution >= 0.6 is 0 Å². The van der Waals surface area contributed by atoms with Gasteiger partial charge in [0.1, 0.15) is 10.7 Å². The monoisotopic (exact) mass is 514 g/mol. The molecule has 3 aromatic rings. The van der Waals surface area contributed by atoms with Crippen LogP contribution in [0.2, 0.25) is 0 Å². The summed E-state index contributed by atoms with van der Waals surface area (Å²) in [6.45, 7) is 0.546. The number of benzene rings is 3. The average molecular weight is 514 g/mol. The van der Waals surface area contributed by atoms with Crippen LogP contribution in [0.15, 0.2) is 53.4 Å². The molecule has 0 saturated carbocycles. The van der Waals surface area contributed by atoms with Gasteiger partial charge in [0.15, 0.2) is 23.3 Å². The molecule has 0 aliphatic carbocycles. The van der Waals surface area contributed by atoms with Gasteiger partial charge < -0.3 is 0 Å². The molecule has 0 aliphatic heterocycles. The highest BCUT2D eigenvalue weighted by Crippen LogP contribution is 2.28. The molecule has 0 bridgehead atoms. The van der Waals surface area contributed by atoms with Crippen molar-refractivity contribution in [3.63, 3.8) is 0 Å². The van der Waals surface area contributed by atoms with Gasteiger partial charge in [-0.15, -0.1) is 0 Å². The molecule has 186 valence electrons. The highest BCUT2D eigenvalue weighted by molar-refractivity contribution is 7.89. The van der Waals surface area contributed by atoms with Gasteiger partial charge >= 0.3 is 0 Å². The Bertz CT molecular complexity index is 1370. The van der Waals surface area contributed by atoms with Crippen molar-refractivity contribution >= 4 is 15.9 Å². The first-order chi connectivity index (χ1) is 16.4. The van der Waals surface area contributed by atoms with Crippen LogP contribution in [0.4, 0.5) is 22.0 Å². The number of carbonyl (C=O) groups excluding carboxylic acids is 1. The Hall–Kier alpha value is -3.35. The third-order valence-corrected chi connectivity index (χ3v) is 6.94. The zero-order valence-electron chi connectivity index (χ0n) is 18.2. The van der Waals surface area contributed by atoms with Gasteiger partial charge in [-0.05, 0) is 35.2 Å². The van der Waals surface area contributed by atoms with Crippen molar-refractivity contribution in [1.82, 2.24) is 9.79 Å². The fourth-order valence-corrected chi connectivity index (χ4v) is 4.72. The number of sulfonamides is 1. The summed E-state index contributed by atoms with van der Waals surface area (Å²) in [7, 11) is -4.95. The summed E-state index contributed by atoms with van der Waals surface area (Å²) in [5.74, 6) is -9.73. The number of rotatable bonds is 8. The zero-order chi connectivity index (χ0) is 25.9. The number of amides is 1. The van der Waals surface area contributed by atoms with Gasteiger partial charge in [0.25, 0.3) is 0 Å². The van der Waals surface area contributed by atoms with Gasteiger partial charge in [-0.2, -0.15) is 4.31 Å². The Morgan fingerprint density at radius 2 is 1.40 bits per heavy atom. The predicted octanol–water partition coefficient (Wildman–Crippen LogP) is 4.13. The fraction of sp³-hybridized carbons (Fsp3) is 0.174. The van der Waals surface area contributed by atoms with Crippen LogP contribution in [0.3, 0.4) is 0 Å². The lowest BCUT2D eigenvalue weighted by atomic mass is 10.1. The number of hydrogen-bond donors (Lipinski definition) is 2. The number of hydrogen-bond acceptors (Lipinski definition) is 4. The Morgan fingerprint density at radius 1 is 0.829 bits per heavy atom. The van der Waals surface area contributed by atoms with Crippen LogP contribution in [-0.2, 0) is 34.3 Å². The van der Waals surface area contributed by atoms with E-state index in [9.17, 15) is 35.2 Å². The first kappa shape index (κ1) is 26.3. The number of aryl methyl sites for hydroxylation is 1. The van der Waals surface area contributed by atoms with Gasteiger partial charge in [0.05, 0.1) is 6.42 Å². The molecule has 3 rings (SSSR count). The van der Waals surface area contributed by atoms with Crippen molar-refractivity contribution in [3.05, 3.63) is 99.9 Å². The molecule has 35 heavy (non-hydrogen) atoms. The molecular weight excluding hydrogens is 495 g/mol. The molecule has 0 radical (unpaired) electrons. The molecule has 0 heterocycles. The molecule has 0 fully saturated rings. The molecule has 2 N–H and O–H groups in total. The van der Waals surface area contributed by atoms with E-state index in [1.54, 1.807) is 0 Å². The van der Waals surface area contributed by atoms with Crippen LogP contribution in [0.1, 0.15) is 22.3 Å². The minimum atomic E-state index is -4.95. The molecule has 3 aromatic carbocycles. The number of carbonyl (C=O) groups is 1. The molecule has 0 saturated heterocycles. The van der Waals surface area contributed by atoms with E-state index >= 15 is 0 Å². The van der Waals surface area contributed by atoms with E-state index in [1.807, 2.05) is 0 Å². The molecular formula is C23H19F5N2O4S. The van der Waals surface area contributed by atoms with Crippen LogP contribution in [0, 0.1) is 36.0 Å². The molecule has 0 spiro atoms. The number of hydroxylamine groups is 1. The summed E-state index contributed by atoms with van der Waals surface area (Å²) in [6, 6.07) is 9.77. The van der Waals surface area contributed by atoms with E-state index in [0.29, 0.717) is 21.0 Å². The first-order valence-corrected chi connectivity index (χ1v) is 11.5. The molecule has 6 nitrogen and oxygen atoms in total. The lowest BCUT2D eigenvalue weighted by molar-refractivity contribution is -0.128. The maximum atomic E-state index is 14.4. The van der Waals surface area contributed by atoms with Gasteiger partial charge in [0, 0.05) is 19.2 Å². The molecule has 0 aromatic heterocycles. The van der Waals surface area contributed by atoms with Crippen molar-refractivity contribution in [2.75, 3.05) is 0 Å². The van der Waals surface area contributed by atoms with Crippen LogP contribution in [-0.4, -0.2) is 23.8 Å². The Balaban J connectivity index is 2.03. The molecule has 12 heteroatoms. The van der Waals surface area contributed by atoms with E-state index in [1.165, 1.54) is 48.8 Å². The lowest BCUT2D eigenvalue weighted by Crippen LogP contribution is -2.31. The minimum absolute atomic E-state index is 0.0441. The average Bonchev–Trinajstić information content (AvgIpc) is 2.82. The fourth-order valence-electron chi connectivity index (χ4n) is 3.23. The lowest BCUT2D eigenvalue weighted by Gasteiger charge is -2.23. The first-order valence-electron chi connectivity index (χ1n) is 10.0. The molecule has 0 aliphatic rings. The van der Waals surface area contributed by atoms with Gasteiger partial charge in [-0.25, -0.2) is 35.8 Å². The van der Waals surface area contributed by atoms with Gasteiger partial charge in [0.2, 0.25) is 15.9 Å². The van der Waals surface area contributed by atoms with Crippen molar-refractivity contribution in [1.29, 1.82) is 0 Å². The van der Waals surface area contributed by atoms with Crippen molar-refractivity contribution < 1.29 is 40.4 Å². The smallest absolute Gasteiger partial charge is 0.247 e. The second-order valence-electron chi connectivity index (χ2n) is 7.68.